The molecule has 0 saturated carbocycles. The van der Waals surface area contributed by atoms with E-state index in [9.17, 15) is 50.5 Å². The molecule has 0 aliphatic carbocycles. The molecule has 0 N–H and O–H groups in total. The van der Waals surface area contributed by atoms with E-state index in [0.29, 0.717) is 0 Å². The summed E-state index contributed by atoms with van der Waals surface area (Å²) in [4.78, 5) is 22.7. The average Bonchev–Trinajstić information content (AvgIpc) is 1.43. The molecule has 0 fully saturated rings. The SMILES string of the molecule is CS(=O)(=O)[N-]c1ccccc1N=Nc1ccccc1[N-]S(C)(=O)=O.CS(=O)(=O)[N-]c1ccccc1N=Nc1ccccc1[N-]S(C)(=O)=O.CS(=O)(=O)[N-]c1ccccc1N=Nc1ccccc1[N-]S(C)(=O)=O.Cn1ccnc1.Cn1ccnc1.Cn1ccnc1.Cn1ccnc1.Cn1ccnc1.Cn1ccnc1.[Co+2].[Co+2].[Co+2]. The van der Waals surface area contributed by atoms with Crippen LogP contribution < -0.4 is 0 Å². The van der Waals surface area contributed by atoms with Crippen LogP contribution in [0.4, 0.5) is 68.2 Å². The second-order valence-electron chi connectivity index (χ2n) is 21.8. The quantitative estimate of drug-likeness (QED) is 0.0720. The maximum Gasteiger partial charge on any atom is 2.00 e. The Morgan fingerprint density at radius 2 is 0.342 bits per heavy atom. The Morgan fingerprint density at radius 1 is 0.225 bits per heavy atom. The molecular formula is C66H78Co3N24O12S6. The third-order valence-corrected chi connectivity index (χ3v) is 14.7. The maximum absolute atomic E-state index is 11.3. The normalized spacial score (nSPS) is 10.8. The van der Waals surface area contributed by atoms with E-state index in [1.54, 1.807) is 184 Å². The van der Waals surface area contributed by atoms with E-state index < -0.39 is 60.1 Å². The fraction of sp³-hybridized carbons (Fsp3) is 0.182. The van der Waals surface area contributed by atoms with Crippen molar-refractivity contribution in [2.45, 2.75) is 0 Å². The Labute approximate surface area is 677 Å². The first kappa shape index (κ1) is 98.4. The first-order chi connectivity index (χ1) is 50.8. The Hall–Kier alpha value is -10.6. The van der Waals surface area contributed by atoms with Crippen LogP contribution >= 0.6 is 0 Å². The Balaban J connectivity index is 0.000000669. The fourth-order valence-corrected chi connectivity index (χ4v) is 10.2. The second-order valence-corrected chi connectivity index (χ2v) is 31.7. The molecule has 597 valence electrons. The van der Waals surface area contributed by atoms with Gasteiger partial charge in [-0.05, 0) is 36.4 Å². The summed E-state index contributed by atoms with van der Waals surface area (Å²) in [6, 6.07) is 37.9. The summed E-state index contributed by atoms with van der Waals surface area (Å²) in [7, 11) is -9.91. The largest absolute Gasteiger partial charge is 2.00 e. The molecule has 3 radical (unpaired) electrons. The van der Waals surface area contributed by atoms with Crippen molar-refractivity contribution in [3.05, 3.63) is 286 Å². The molecule has 0 bridgehead atoms. The van der Waals surface area contributed by atoms with Crippen LogP contribution in [0.15, 0.2) is 289 Å². The second kappa shape index (κ2) is 49.5. The van der Waals surface area contributed by atoms with Gasteiger partial charge in [-0.25, -0.2) is 80.4 Å². The van der Waals surface area contributed by atoms with E-state index in [0.717, 1.165) is 37.5 Å². The van der Waals surface area contributed by atoms with Crippen molar-refractivity contribution in [2.24, 2.45) is 73.0 Å². The van der Waals surface area contributed by atoms with Crippen molar-refractivity contribution in [1.82, 2.24) is 57.3 Å². The molecule has 0 amide bonds. The minimum Gasteiger partial charge on any atom is -0.575 e. The zero-order valence-corrected chi connectivity index (χ0v) is 69.4. The summed E-state index contributed by atoms with van der Waals surface area (Å²) in [5, 5.41) is 23.8. The van der Waals surface area contributed by atoms with Crippen molar-refractivity contribution in [1.29, 1.82) is 0 Å². The maximum atomic E-state index is 11.3. The van der Waals surface area contributed by atoms with Crippen LogP contribution in [-0.4, -0.2) is 145 Å². The number of imidazole rings is 6. The van der Waals surface area contributed by atoms with Gasteiger partial charge in [0.2, 0.25) is 0 Å². The number of aromatic nitrogens is 12. The van der Waals surface area contributed by atoms with E-state index in [1.165, 1.54) is 36.4 Å². The third-order valence-electron chi connectivity index (χ3n) is 11.5. The van der Waals surface area contributed by atoms with E-state index >= 15 is 0 Å². The summed E-state index contributed by atoms with van der Waals surface area (Å²) >= 11 is 0. The van der Waals surface area contributed by atoms with Gasteiger partial charge in [-0.2, -0.15) is 30.7 Å². The Bertz CT molecular complexity index is 4580. The number of benzene rings is 6. The van der Waals surface area contributed by atoms with Gasteiger partial charge in [-0.1, -0.05) is 109 Å². The number of rotatable bonds is 18. The van der Waals surface area contributed by atoms with Gasteiger partial charge in [0.25, 0.3) is 0 Å². The zero-order chi connectivity index (χ0) is 79.8. The minimum atomic E-state index is -3.59. The molecule has 12 aromatic rings. The van der Waals surface area contributed by atoms with Crippen LogP contribution in [0.1, 0.15) is 0 Å². The smallest absolute Gasteiger partial charge is 0.575 e. The van der Waals surface area contributed by atoms with Crippen molar-refractivity contribution in [3.63, 3.8) is 0 Å². The van der Waals surface area contributed by atoms with Crippen molar-refractivity contribution in [3.8, 4) is 0 Å². The van der Waals surface area contributed by atoms with E-state index in [4.69, 9.17) is 0 Å². The van der Waals surface area contributed by atoms with Gasteiger partial charge in [0.15, 0.2) is 0 Å². The summed E-state index contributed by atoms with van der Waals surface area (Å²) in [5.41, 5.74) is 2.24. The van der Waals surface area contributed by atoms with E-state index in [2.05, 4.69) is 88.9 Å². The van der Waals surface area contributed by atoms with Crippen LogP contribution in [-0.2, 0) is 153 Å². The first-order valence-corrected chi connectivity index (χ1v) is 41.8. The number of sulfonamides is 6. The van der Waals surface area contributed by atoms with Crippen molar-refractivity contribution >= 4 is 128 Å². The van der Waals surface area contributed by atoms with Gasteiger partial charge in [0.05, 0.1) is 132 Å². The third kappa shape index (κ3) is 46.5. The summed E-state index contributed by atoms with van der Waals surface area (Å²) in [6.45, 7) is 0. The predicted octanol–water partition coefficient (Wildman–Crippen LogP) is 14.6. The molecule has 0 unspecified atom stereocenters. The molecular weight excluding hydrogens is 1690 g/mol. The molecule has 6 aromatic carbocycles. The molecule has 0 saturated heterocycles. The van der Waals surface area contributed by atoms with Crippen molar-refractivity contribution in [2.75, 3.05) is 37.5 Å². The summed E-state index contributed by atoms with van der Waals surface area (Å²) < 4.78 is 169. The van der Waals surface area contributed by atoms with Gasteiger partial charge in [-0.3, -0.25) is 0 Å². The van der Waals surface area contributed by atoms with Crippen LogP contribution in [0, 0.1) is 0 Å². The Morgan fingerprint density at radius 3 is 0.423 bits per heavy atom. The van der Waals surface area contributed by atoms with Crippen LogP contribution in [0.5, 0.6) is 0 Å². The molecule has 45 heteroatoms. The molecule has 0 spiro atoms. The number of nitrogens with zero attached hydrogens (tertiary/aromatic N) is 24. The average molecular weight is 1770 g/mol. The van der Waals surface area contributed by atoms with Gasteiger partial charge in [-0.15, -0.1) is 34.1 Å². The number of hydrogen-bond acceptors (Lipinski definition) is 24. The molecule has 12 rings (SSSR count). The van der Waals surface area contributed by atoms with Crippen LogP contribution in [0.3, 0.4) is 0 Å². The van der Waals surface area contributed by atoms with Crippen LogP contribution in [0.2, 0.25) is 0 Å². The van der Waals surface area contributed by atoms with Gasteiger partial charge in [0, 0.05) is 154 Å². The number of hydrogen-bond donors (Lipinski definition) is 0. The predicted molar refractivity (Wildman–Crippen MR) is 418 cm³/mol. The van der Waals surface area contributed by atoms with Gasteiger partial charge < -0.3 is 55.7 Å². The molecule has 36 nitrogen and oxygen atoms in total. The minimum absolute atomic E-state index is 0. The Kier molecular flexibility index (Phi) is 43.9. The fourth-order valence-electron chi connectivity index (χ4n) is 7.11. The molecule has 0 aliphatic heterocycles. The molecule has 0 atom stereocenters. The molecule has 0 aliphatic rings. The monoisotopic (exact) mass is 1770 g/mol. The zero-order valence-electron chi connectivity index (χ0n) is 61.3. The van der Waals surface area contributed by atoms with E-state index in [1.807, 2.05) is 107 Å². The van der Waals surface area contributed by atoms with E-state index in [-0.39, 0.29) is 119 Å². The topological polar surface area (TPSA) is 471 Å². The molecule has 6 aromatic heterocycles. The van der Waals surface area contributed by atoms with Crippen LogP contribution in [0.25, 0.3) is 28.3 Å². The van der Waals surface area contributed by atoms with Gasteiger partial charge in [0.1, 0.15) is 0 Å². The first-order valence-electron chi connectivity index (χ1n) is 30.7. The molecule has 111 heavy (non-hydrogen) atoms. The standard InChI is InChI=1S/3C14H14N4O4S2.6C4H6N2.3Co/c3*1-23(19,20)17-13-9-5-3-7-11(13)15-16-12-8-4-6-10-14(12)18-24(2,21)22;6*1-6-3-2-5-4-6;;;/h3*3-10H,1-2H3;6*2-4H,1H3;;;/q3*-2;;;;;;;3*+2. The van der Waals surface area contributed by atoms with Crippen molar-refractivity contribution < 1.29 is 101 Å². The van der Waals surface area contributed by atoms with Gasteiger partial charge >= 0.3 is 50.3 Å². The summed E-state index contributed by atoms with van der Waals surface area (Å²) in [5.74, 6) is 0. The molecule has 6 heterocycles. The number of azo groups is 3. The number of aryl methyl sites for hydroxylation is 6. The summed E-state index contributed by atoms with van der Waals surface area (Å²) in [6.07, 6.45) is 38.2.